The van der Waals surface area contributed by atoms with E-state index in [9.17, 15) is 9.59 Å². The zero-order valence-corrected chi connectivity index (χ0v) is 17.4. The predicted molar refractivity (Wildman–Crippen MR) is 112 cm³/mol. The van der Waals surface area contributed by atoms with E-state index in [1.54, 1.807) is 31.2 Å². The lowest BCUT2D eigenvalue weighted by atomic mass is 10.0. The lowest BCUT2D eigenvalue weighted by molar-refractivity contribution is -0.138. The van der Waals surface area contributed by atoms with Crippen molar-refractivity contribution in [3.05, 3.63) is 53.6 Å². The normalized spacial score (nSPS) is 19.1. The minimum absolute atomic E-state index is 0.00995. The largest absolute Gasteiger partial charge is 0.490 e. The van der Waals surface area contributed by atoms with Gasteiger partial charge < -0.3 is 19.1 Å². The fraction of sp³-hybridized carbons (Fsp3) is 0.417. The Morgan fingerprint density at radius 1 is 1.07 bits per heavy atom. The average Bonchev–Trinajstić information content (AvgIpc) is 3.11. The van der Waals surface area contributed by atoms with Crippen LogP contribution in [0.1, 0.15) is 55.1 Å². The summed E-state index contributed by atoms with van der Waals surface area (Å²) in [7, 11) is 0. The second kappa shape index (κ2) is 8.78. The van der Waals surface area contributed by atoms with Crippen molar-refractivity contribution in [1.29, 1.82) is 0 Å². The number of benzene rings is 2. The van der Waals surface area contributed by atoms with Crippen molar-refractivity contribution < 1.29 is 23.8 Å². The third-order valence-electron chi connectivity index (χ3n) is 5.59. The molecule has 0 spiro atoms. The summed E-state index contributed by atoms with van der Waals surface area (Å²) in [5.41, 5.74) is 1.62. The Kier molecular flexibility index (Phi) is 5.93. The van der Waals surface area contributed by atoms with E-state index in [2.05, 4.69) is 0 Å². The molecule has 0 bridgehead atoms. The van der Waals surface area contributed by atoms with Crippen LogP contribution in [-0.2, 0) is 4.79 Å². The van der Waals surface area contributed by atoms with Crippen LogP contribution in [0.5, 0.6) is 17.2 Å². The van der Waals surface area contributed by atoms with Gasteiger partial charge in [-0.2, -0.15) is 0 Å². The first-order chi connectivity index (χ1) is 14.5. The van der Waals surface area contributed by atoms with Crippen molar-refractivity contribution in [2.24, 2.45) is 0 Å². The molecule has 0 unspecified atom stereocenters. The Bertz CT molecular complexity index is 941. The maximum Gasteiger partial charge on any atom is 0.263 e. The molecular formula is C24H27NO5. The number of ether oxygens (including phenoxy) is 3. The van der Waals surface area contributed by atoms with E-state index in [0.29, 0.717) is 31.1 Å². The number of carbonyl (C=O) groups excluding carboxylic acids is 2. The molecule has 0 N–H and O–H groups in total. The third-order valence-corrected chi connectivity index (χ3v) is 5.59. The zero-order chi connectivity index (χ0) is 21.1. The highest BCUT2D eigenvalue weighted by atomic mass is 16.5. The standard InChI is InChI=1S/C24H27NO5/c1-16(26)18-6-3-7-20(14-18)30-17(2)24(27)25-11-4-8-21(25)19-9-10-22-23(15-19)29-13-5-12-28-22/h3,6-7,9-10,14-15,17,21H,4-5,8,11-13H2,1-2H3/t17-,21+/m1/s1. The first-order valence-electron chi connectivity index (χ1n) is 10.5. The topological polar surface area (TPSA) is 65.1 Å². The van der Waals surface area contributed by atoms with E-state index in [-0.39, 0.29) is 17.7 Å². The Hall–Kier alpha value is -3.02. The van der Waals surface area contributed by atoms with Crippen molar-refractivity contribution in [3.8, 4) is 17.2 Å². The van der Waals surface area contributed by atoms with Gasteiger partial charge in [0.1, 0.15) is 5.75 Å². The Morgan fingerprint density at radius 2 is 1.87 bits per heavy atom. The molecule has 1 fully saturated rings. The summed E-state index contributed by atoms with van der Waals surface area (Å²) in [5, 5.41) is 0. The molecule has 1 amide bonds. The van der Waals surface area contributed by atoms with Crippen LogP contribution in [0.3, 0.4) is 0 Å². The van der Waals surface area contributed by atoms with E-state index in [0.717, 1.165) is 36.3 Å². The SMILES string of the molecule is CC(=O)c1cccc(O[C@H](C)C(=O)N2CCC[C@H]2c2ccc3c(c2)OCCCO3)c1. The molecule has 2 heterocycles. The molecule has 30 heavy (non-hydrogen) atoms. The minimum atomic E-state index is -0.645. The summed E-state index contributed by atoms with van der Waals surface area (Å²) in [4.78, 5) is 26.7. The molecule has 0 saturated carbocycles. The number of hydrogen-bond donors (Lipinski definition) is 0. The Morgan fingerprint density at radius 3 is 2.67 bits per heavy atom. The van der Waals surface area contributed by atoms with Gasteiger partial charge in [0, 0.05) is 18.5 Å². The summed E-state index contributed by atoms with van der Waals surface area (Å²) in [5.74, 6) is 1.94. The Labute approximate surface area is 176 Å². The van der Waals surface area contributed by atoms with Crippen molar-refractivity contribution in [2.45, 2.75) is 45.3 Å². The van der Waals surface area contributed by atoms with E-state index < -0.39 is 6.10 Å². The number of likely N-dealkylation sites (tertiary alicyclic amines) is 1. The molecule has 4 rings (SSSR count). The summed E-state index contributed by atoms with van der Waals surface area (Å²) in [6.45, 7) is 5.25. The number of amides is 1. The second-order valence-electron chi connectivity index (χ2n) is 7.79. The lowest BCUT2D eigenvalue weighted by Crippen LogP contribution is -2.40. The third kappa shape index (κ3) is 4.27. The van der Waals surface area contributed by atoms with Crippen molar-refractivity contribution >= 4 is 11.7 Å². The number of carbonyl (C=O) groups is 2. The molecular weight excluding hydrogens is 382 g/mol. The van der Waals surface area contributed by atoms with Crippen LogP contribution in [0.25, 0.3) is 0 Å². The second-order valence-corrected chi connectivity index (χ2v) is 7.79. The van der Waals surface area contributed by atoms with Gasteiger partial charge in [-0.1, -0.05) is 18.2 Å². The maximum atomic E-state index is 13.2. The van der Waals surface area contributed by atoms with Gasteiger partial charge in [-0.25, -0.2) is 0 Å². The molecule has 2 aromatic carbocycles. The molecule has 0 aromatic heterocycles. The van der Waals surface area contributed by atoms with Crippen LogP contribution in [0.4, 0.5) is 0 Å². The first-order valence-corrected chi connectivity index (χ1v) is 10.5. The molecule has 6 nitrogen and oxygen atoms in total. The van der Waals surface area contributed by atoms with Gasteiger partial charge >= 0.3 is 0 Å². The molecule has 2 atom stereocenters. The van der Waals surface area contributed by atoms with Crippen LogP contribution in [0.15, 0.2) is 42.5 Å². The zero-order valence-electron chi connectivity index (χ0n) is 17.4. The first kappa shape index (κ1) is 20.3. The van der Waals surface area contributed by atoms with Crippen molar-refractivity contribution in [1.82, 2.24) is 4.90 Å². The summed E-state index contributed by atoms with van der Waals surface area (Å²) >= 11 is 0. The van der Waals surface area contributed by atoms with Crippen molar-refractivity contribution in [2.75, 3.05) is 19.8 Å². The number of rotatable bonds is 5. The van der Waals surface area contributed by atoms with Crippen LogP contribution in [0, 0.1) is 0 Å². The quantitative estimate of drug-likeness (QED) is 0.693. The average molecular weight is 409 g/mol. The van der Waals surface area contributed by atoms with Gasteiger partial charge in [0.05, 0.1) is 19.3 Å². The minimum Gasteiger partial charge on any atom is -0.490 e. The van der Waals surface area contributed by atoms with Gasteiger partial charge in [0.25, 0.3) is 5.91 Å². The Balaban J connectivity index is 1.49. The summed E-state index contributed by atoms with van der Waals surface area (Å²) in [6, 6.07) is 12.9. The van der Waals surface area contributed by atoms with Gasteiger partial charge in [-0.15, -0.1) is 0 Å². The van der Waals surface area contributed by atoms with Gasteiger partial charge in [-0.05, 0) is 56.5 Å². The number of Topliss-reactive ketones (excluding diaryl/α,β-unsaturated/α-hetero) is 1. The lowest BCUT2D eigenvalue weighted by Gasteiger charge is -2.28. The summed E-state index contributed by atoms with van der Waals surface area (Å²) < 4.78 is 17.4. The van der Waals surface area contributed by atoms with Gasteiger partial charge in [0.2, 0.25) is 0 Å². The van der Waals surface area contributed by atoms with Crippen LogP contribution < -0.4 is 14.2 Å². The predicted octanol–water partition coefficient (Wildman–Crippen LogP) is 4.18. The van der Waals surface area contributed by atoms with Crippen molar-refractivity contribution in [3.63, 3.8) is 0 Å². The van der Waals surface area contributed by atoms with E-state index >= 15 is 0 Å². The number of fused-ring (bicyclic) bond motifs is 1. The van der Waals surface area contributed by atoms with E-state index in [1.807, 2.05) is 23.1 Å². The number of nitrogens with zero attached hydrogens (tertiary/aromatic N) is 1. The fourth-order valence-corrected chi connectivity index (χ4v) is 4.04. The summed E-state index contributed by atoms with van der Waals surface area (Å²) in [6.07, 6.45) is 2.06. The van der Waals surface area contributed by atoms with Crippen LogP contribution in [0.2, 0.25) is 0 Å². The smallest absolute Gasteiger partial charge is 0.263 e. The monoisotopic (exact) mass is 409 g/mol. The molecule has 2 aliphatic heterocycles. The van der Waals surface area contributed by atoms with Crippen LogP contribution >= 0.6 is 0 Å². The highest BCUT2D eigenvalue weighted by molar-refractivity contribution is 5.94. The number of hydrogen-bond acceptors (Lipinski definition) is 5. The molecule has 1 saturated heterocycles. The molecule has 2 aliphatic rings. The molecule has 2 aromatic rings. The molecule has 6 heteroatoms. The van der Waals surface area contributed by atoms with Gasteiger partial charge in [0.15, 0.2) is 23.4 Å². The van der Waals surface area contributed by atoms with E-state index in [4.69, 9.17) is 14.2 Å². The fourth-order valence-electron chi connectivity index (χ4n) is 4.04. The van der Waals surface area contributed by atoms with E-state index in [1.165, 1.54) is 6.92 Å². The van der Waals surface area contributed by atoms with Crippen LogP contribution in [-0.4, -0.2) is 42.5 Å². The maximum absolute atomic E-state index is 13.2. The molecule has 158 valence electrons. The molecule has 0 aliphatic carbocycles. The highest BCUT2D eigenvalue weighted by Gasteiger charge is 2.34. The van der Waals surface area contributed by atoms with Gasteiger partial charge in [-0.3, -0.25) is 9.59 Å². The highest BCUT2D eigenvalue weighted by Crippen LogP contribution is 2.38. The number of ketones is 1. The molecule has 0 radical (unpaired) electrons.